The summed E-state index contributed by atoms with van der Waals surface area (Å²) in [5, 5.41) is 17.2. The van der Waals surface area contributed by atoms with Gasteiger partial charge in [0.25, 0.3) is 11.8 Å². The van der Waals surface area contributed by atoms with Gasteiger partial charge in [0.2, 0.25) is 11.8 Å². The van der Waals surface area contributed by atoms with E-state index in [0.29, 0.717) is 23.6 Å². The van der Waals surface area contributed by atoms with Crippen molar-refractivity contribution in [1.82, 2.24) is 34.8 Å². The fourth-order valence-corrected chi connectivity index (χ4v) is 8.16. The molecule has 268 valence electrons. The normalized spacial score (nSPS) is 17.4. The van der Waals surface area contributed by atoms with E-state index in [1.165, 1.54) is 0 Å². The number of unbranched alkanes of at least 4 members (excludes halogenated alkanes) is 1. The van der Waals surface area contributed by atoms with Crippen LogP contribution in [0.3, 0.4) is 0 Å². The van der Waals surface area contributed by atoms with Crippen LogP contribution in [0.2, 0.25) is 5.02 Å². The standard InChI is InChI=1S/C40H31ClN8O4S/c1-22-32(54-40-34(22)35(27-10-12-28(41)13-11-27)43-23(2)36-46-45-24(3)48(36)40)16-9-26-20-42-47(21-26)18-6-4-5-7-25-8-14-29-30(19-25)39(53)49(38(29)52)31-15-17-33(50)44-37(31)51/h8,10-14,19-21,23,31H,4,6,15,17-18H2,1-3H3,(H,44,50,51)/t23-,31?/m0/s1. The van der Waals surface area contributed by atoms with Crippen LogP contribution in [0, 0.1) is 37.5 Å². The van der Waals surface area contributed by atoms with Crippen molar-refractivity contribution in [3.63, 3.8) is 0 Å². The van der Waals surface area contributed by atoms with Crippen LogP contribution in [-0.2, 0) is 16.1 Å². The summed E-state index contributed by atoms with van der Waals surface area (Å²) in [5.74, 6) is 12.3. The lowest BCUT2D eigenvalue weighted by Gasteiger charge is -2.27. The number of aliphatic imine (C=N–C) groups is 1. The Balaban J connectivity index is 0.938. The number of aryl methyl sites for hydroxylation is 2. The molecule has 3 aliphatic rings. The molecule has 0 radical (unpaired) electrons. The number of benzene rings is 2. The average Bonchev–Trinajstić information content (AvgIpc) is 3.89. The molecule has 12 nitrogen and oxygen atoms in total. The summed E-state index contributed by atoms with van der Waals surface area (Å²) in [6.07, 6.45) is 5.15. The molecule has 8 rings (SSSR count). The Labute approximate surface area is 319 Å². The molecule has 0 bridgehead atoms. The van der Waals surface area contributed by atoms with Gasteiger partial charge in [0, 0.05) is 47.3 Å². The lowest BCUT2D eigenvalue weighted by Crippen LogP contribution is -2.54. The third-order valence-electron chi connectivity index (χ3n) is 9.55. The van der Waals surface area contributed by atoms with Gasteiger partial charge >= 0.3 is 0 Å². The first-order chi connectivity index (χ1) is 26.1. The van der Waals surface area contributed by atoms with Gasteiger partial charge in [-0.1, -0.05) is 47.4 Å². The third kappa shape index (κ3) is 6.31. The van der Waals surface area contributed by atoms with Crippen molar-refractivity contribution in [1.29, 1.82) is 0 Å². The third-order valence-corrected chi connectivity index (χ3v) is 11.0. The molecule has 3 aliphatic heterocycles. The maximum atomic E-state index is 13.1. The maximum absolute atomic E-state index is 13.1. The van der Waals surface area contributed by atoms with Gasteiger partial charge in [0.1, 0.15) is 22.9 Å². The number of carbonyl (C=O) groups is 4. The van der Waals surface area contributed by atoms with Crippen LogP contribution in [0.4, 0.5) is 0 Å². The number of nitrogens with zero attached hydrogens (tertiary/aromatic N) is 7. The van der Waals surface area contributed by atoms with Crippen molar-refractivity contribution in [2.45, 2.75) is 65.1 Å². The van der Waals surface area contributed by atoms with Crippen molar-refractivity contribution in [2.24, 2.45) is 4.99 Å². The maximum Gasteiger partial charge on any atom is 0.262 e. The first-order valence-corrected chi connectivity index (χ1v) is 18.6. The van der Waals surface area contributed by atoms with Crippen LogP contribution >= 0.6 is 22.9 Å². The number of hydrogen-bond donors (Lipinski definition) is 1. The molecule has 6 heterocycles. The second-order valence-corrected chi connectivity index (χ2v) is 14.6. The monoisotopic (exact) mass is 754 g/mol. The molecule has 1 N–H and O–H groups in total. The highest BCUT2D eigenvalue weighted by atomic mass is 35.5. The SMILES string of the molecule is Cc1c(C#Cc2cnn(CCCC#Cc3ccc4c(c3)C(=O)N(C3CCC(=O)NC3=O)C4=O)c2)sc2c1C(c1ccc(Cl)cc1)=N[C@@H](C)c1nnc(C)n1-2. The molecule has 3 aromatic heterocycles. The van der Waals surface area contributed by atoms with Crippen molar-refractivity contribution >= 4 is 52.3 Å². The first-order valence-electron chi connectivity index (χ1n) is 17.4. The fourth-order valence-electron chi connectivity index (χ4n) is 6.82. The van der Waals surface area contributed by atoms with Crippen molar-refractivity contribution in [3.05, 3.63) is 115 Å². The second kappa shape index (κ2) is 14.0. The molecule has 0 spiro atoms. The van der Waals surface area contributed by atoms with Gasteiger partial charge in [0.05, 0.1) is 33.5 Å². The summed E-state index contributed by atoms with van der Waals surface area (Å²) in [5.41, 5.74) is 5.68. The average molecular weight is 755 g/mol. The van der Waals surface area contributed by atoms with E-state index in [1.807, 2.05) is 49.0 Å². The zero-order chi connectivity index (χ0) is 37.7. The molecule has 1 fully saturated rings. The van der Waals surface area contributed by atoms with E-state index in [4.69, 9.17) is 16.6 Å². The van der Waals surface area contributed by atoms with E-state index >= 15 is 0 Å². The predicted octanol–water partition coefficient (Wildman–Crippen LogP) is 5.34. The first kappa shape index (κ1) is 34.9. The molecule has 2 atom stereocenters. The summed E-state index contributed by atoms with van der Waals surface area (Å²) >= 11 is 7.81. The molecule has 0 aliphatic carbocycles. The van der Waals surface area contributed by atoms with Crippen molar-refractivity contribution in [3.8, 4) is 28.7 Å². The number of carbonyl (C=O) groups excluding carboxylic acids is 4. The highest BCUT2D eigenvalue weighted by molar-refractivity contribution is 7.15. The van der Waals surface area contributed by atoms with Gasteiger partial charge < -0.3 is 0 Å². The van der Waals surface area contributed by atoms with E-state index < -0.39 is 29.7 Å². The lowest BCUT2D eigenvalue weighted by molar-refractivity contribution is -0.136. The van der Waals surface area contributed by atoms with Crippen LogP contribution in [0.25, 0.3) is 5.00 Å². The number of rotatable bonds is 5. The molecular weight excluding hydrogens is 724 g/mol. The summed E-state index contributed by atoms with van der Waals surface area (Å²) in [6, 6.07) is 11.3. The van der Waals surface area contributed by atoms with E-state index in [-0.39, 0.29) is 30.0 Å². The molecule has 1 saturated heterocycles. The van der Waals surface area contributed by atoms with Crippen LogP contribution < -0.4 is 5.32 Å². The van der Waals surface area contributed by atoms with Crippen LogP contribution in [0.5, 0.6) is 0 Å². The number of fused-ring (bicyclic) bond motifs is 4. The van der Waals surface area contributed by atoms with Crippen molar-refractivity contribution < 1.29 is 19.2 Å². The van der Waals surface area contributed by atoms with Crippen LogP contribution in [-0.4, -0.2) is 64.8 Å². The summed E-state index contributed by atoms with van der Waals surface area (Å²) < 4.78 is 3.92. The summed E-state index contributed by atoms with van der Waals surface area (Å²) in [4.78, 5) is 56.9. The zero-order valence-corrected chi connectivity index (χ0v) is 31.0. The Morgan fingerprint density at radius 2 is 1.76 bits per heavy atom. The number of halogens is 1. The Morgan fingerprint density at radius 3 is 2.56 bits per heavy atom. The minimum atomic E-state index is -1.01. The minimum absolute atomic E-state index is 0.0685. The molecule has 5 aromatic rings. The summed E-state index contributed by atoms with van der Waals surface area (Å²) in [7, 11) is 0. The molecule has 1 unspecified atom stereocenters. The van der Waals surface area contributed by atoms with E-state index in [9.17, 15) is 19.2 Å². The predicted molar refractivity (Wildman–Crippen MR) is 202 cm³/mol. The number of piperidine rings is 1. The second-order valence-electron chi connectivity index (χ2n) is 13.2. The molecule has 54 heavy (non-hydrogen) atoms. The van der Waals surface area contributed by atoms with Gasteiger partial charge in [-0.3, -0.25) is 43.6 Å². The van der Waals surface area contributed by atoms with Gasteiger partial charge in [0.15, 0.2) is 5.82 Å². The largest absolute Gasteiger partial charge is 0.295 e. The van der Waals surface area contributed by atoms with Gasteiger partial charge in [-0.2, -0.15) is 5.10 Å². The van der Waals surface area contributed by atoms with E-state index in [0.717, 1.165) is 60.8 Å². The quantitative estimate of drug-likeness (QED) is 0.145. The number of imide groups is 2. The van der Waals surface area contributed by atoms with Gasteiger partial charge in [-0.25, -0.2) is 0 Å². The Morgan fingerprint density at radius 1 is 0.963 bits per heavy atom. The van der Waals surface area contributed by atoms with E-state index in [2.05, 4.69) is 55.8 Å². The molecule has 2 aromatic carbocycles. The molecule has 0 saturated carbocycles. The molecule has 14 heteroatoms. The highest BCUT2D eigenvalue weighted by Gasteiger charge is 2.44. The van der Waals surface area contributed by atoms with E-state index in [1.54, 1.807) is 35.7 Å². The molecule has 4 amide bonds. The number of thiophene rings is 1. The summed E-state index contributed by atoms with van der Waals surface area (Å²) in [6.45, 7) is 6.67. The number of hydrogen-bond acceptors (Lipinski definition) is 9. The lowest BCUT2D eigenvalue weighted by atomic mass is 9.99. The number of amides is 4. The Kier molecular flexibility index (Phi) is 9.06. The van der Waals surface area contributed by atoms with Gasteiger partial charge in [-0.15, -0.1) is 21.5 Å². The minimum Gasteiger partial charge on any atom is -0.295 e. The highest BCUT2D eigenvalue weighted by Crippen LogP contribution is 2.39. The topological polar surface area (TPSA) is 144 Å². The Bertz CT molecular complexity index is 2580. The fraction of sp³-hybridized carbons (Fsp3) is 0.250. The van der Waals surface area contributed by atoms with Gasteiger partial charge in [-0.05, 0) is 69.5 Å². The smallest absolute Gasteiger partial charge is 0.262 e. The van der Waals surface area contributed by atoms with Crippen molar-refractivity contribution in [2.75, 3.05) is 0 Å². The Hall–Kier alpha value is -6.15. The number of nitrogens with one attached hydrogen (secondary N) is 1. The zero-order valence-electron chi connectivity index (χ0n) is 29.4. The van der Waals surface area contributed by atoms with Crippen LogP contribution in [0.1, 0.15) is 104 Å². The number of aromatic nitrogens is 5. The molecular formula is C40H31ClN8O4S. The van der Waals surface area contributed by atoms with Crippen LogP contribution in [0.15, 0.2) is 59.9 Å².